The van der Waals surface area contributed by atoms with E-state index in [1.54, 1.807) is 0 Å². The normalized spacial score (nSPS) is 22.8. The van der Waals surface area contributed by atoms with Crippen molar-refractivity contribution in [2.24, 2.45) is 5.92 Å². The predicted molar refractivity (Wildman–Crippen MR) is 45.6 cm³/mol. The number of carbonyl (C=O) groups is 2. The molecule has 0 aromatic heterocycles. The molecular formula is C9H15NO2. The molecular weight excluding hydrogens is 154 g/mol. The van der Waals surface area contributed by atoms with E-state index in [1.807, 2.05) is 6.92 Å². The lowest BCUT2D eigenvalue weighted by Gasteiger charge is -2.07. The third kappa shape index (κ3) is 2.06. The molecule has 1 amide bonds. The van der Waals surface area contributed by atoms with E-state index in [0.717, 1.165) is 19.3 Å². The minimum Gasteiger partial charge on any atom is -0.355 e. The third-order valence-electron chi connectivity index (χ3n) is 2.17. The van der Waals surface area contributed by atoms with Crippen LogP contribution in [0.2, 0.25) is 0 Å². The largest absolute Gasteiger partial charge is 0.355 e. The van der Waals surface area contributed by atoms with Gasteiger partial charge in [-0.1, -0.05) is 6.92 Å². The smallest absolute Gasteiger partial charge is 0.230 e. The molecule has 1 atom stereocenters. The predicted octanol–water partition coefficient (Wildman–Crippen LogP) is 0.882. The summed E-state index contributed by atoms with van der Waals surface area (Å²) in [5.74, 6) is -0.292. The molecule has 0 aromatic carbocycles. The molecule has 12 heavy (non-hydrogen) atoms. The van der Waals surface area contributed by atoms with Crippen LogP contribution in [0.4, 0.5) is 0 Å². The zero-order valence-electron chi connectivity index (χ0n) is 7.43. The van der Waals surface area contributed by atoms with E-state index < -0.39 is 0 Å². The zero-order valence-corrected chi connectivity index (χ0v) is 7.43. The van der Waals surface area contributed by atoms with Gasteiger partial charge in [-0.25, -0.2) is 0 Å². The van der Waals surface area contributed by atoms with Gasteiger partial charge in [-0.15, -0.1) is 0 Å². The van der Waals surface area contributed by atoms with Gasteiger partial charge in [-0.05, 0) is 19.3 Å². The van der Waals surface area contributed by atoms with E-state index in [1.165, 1.54) is 0 Å². The second kappa shape index (κ2) is 4.24. The Kier molecular flexibility index (Phi) is 3.26. The molecule has 0 spiro atoms. The molecule has 0 radical (unpaired) electrons. The summed E-state index contributed by atoms with van der Waals surface area (Å²) in [5.41, 5.74) is 0. The first-order valence-corrected chi connectivity index (χ1v) is 4.56. The Morgan fingerprint density at radius 3 is 2.92 bits per heavy atom. The van der Waals surface area contributed by atoms with Gasteiger partial charge in [0.25, 0.3) is 0 Å². The molecule has 0 aromatic rings. The number of nitrogens with one attached hydrogen (secondary N) is 1. The first kappa shape index (κ1) is 9.23. The lowest BCUT2D eigenvalue weighted by Crippen LogP contribution is -2.33. The second-order valence-electron chi connectivity index (χ2n) is 3.20. The van der Waals surface area contributed by atoms with Crippen molar-refractivity contribution in [2.45, 2.75) is 32.6 Å². The molecule has 1 saturated carbocycles. The minimum absolute atomic E-state index is 0.0700. The van der Waals surface area contributed by atoms with E-state index in [9.17, 15) is 9.59 Å². The molecule has 0 aliphatic heterocycles. The Labute approximate surface area is 72.5 Å². The van der Waals surface area contributed by atoms with Crippen LogP contribution in [0, 0.1) is 5.92 Å². The summed E-state index contributed by atoms with van der Waals surface area (Å²) in [6.07, 6.45) is 3.13. The summed E-state index contributed by atoms with van der Waals surface area (Å²) in [7, 11) is 0. The molecule has 0 saturated heterocycles. The van der Waals surface area contributed by atoms with E-state index in [4.69, 9.17) is 0 Å². The van der Waals surface area contributed by atoms with E-state index in [-0.39, 0.29) is 17.6 Å². The van der Waals surface area contributed by atoms with Gasteiger partial charge in [0, 0.05) is 13.0 Å². The van der Waals surface area contributed by atoms with Crippen molar-refractivity contribution in [1.29, 1.82) is 0 Å². The van der Waals surface area contributed by atoms with E-state index in [0.29, 0.717) is 13.0 Å². The Bertz CT molecular complexity index is 189. The van der Waals surface area contributed by atoms with Crippen LogP contribution in [0.1, 0.15) is 32.6 Å². The Morgan fingerprint density at radius 2 is 2.42 bits per heavy atom. The summed E-state index contributed by atoms with van der Waals surface area (Å²) in [6.45, 7) is 2.68. The van der Waals surface area contributed by atoms with E-state index in [2.05, 4.69) is 5.32 Å². The number of hydrogen-bond donors (Lipinski definition) is 1. The highest BCUT2D eigenvalue weighted by atomic mass is 16.2. The lowest BCUT2D eigenvalue weighted by molar-refractivity contribution is -0.132. The monoisotopic (exact) mass is 169 g/mol. The number of hydrogen-bond acceptors (Lipinski definition) is 2. The van der Waals surface area contributed by atoms with Crippen LogP contribution < -0.4 is 5.32 Å². The average molecular weight is 169 g/mol. The topological polar surface area (TPSA) is 46.2 Å². The number of rotatable bonds is 3. The molecule has 1 fully saturated rings. The molecule has 0 unspecified atom stereocenters. The molecule has 3 heteroatoms. The average Bonchev–Trinajstić information content (AvgIpc) is 2.47. The van der Waals surface area contributed by atoms with Crippen LogP contribution in [-0.4, -0.2) is 18.2 Å². The van der Waals surface area contributed by atoms with Gasteiger partial charge in [-0.3, -0.25) is 9.59 Å². The maximum absolute atomic E-state index is 11.3. The first-order valence-electron chi connectivity index (χ1n) is 4.56. The maximum atomic E-state index is 11.3. The standard InChI is InChI=1S/C9H15NO2/c1-2-6-10-9(12)7-4-3-5-8(7)11/h7H,2-6H2,1H3,(H,10,12)/t7-/m0/s1. The highest BCUT2D eigenvalue weighted by molar-refractivity contribution is 6.02. The Balaban J connectivity index is 2.36. The summed E-state index contributed by atoms with van der Waals surface area (Å²) in [5, 5.41) is 2.74. The fourth-order valence-corrected chi connectivity index (χ4v) is 1.46. The van der Waals surface area contributed by atoms with Crippen molar-refractivity contribution >= 4 is 11.7 Å². The third-order valence-corrected chi connectivity index (χ3v) is 2.17. The van der Waals surface area contributed by atoms with Gasteiger partial charge in [0.2, 0.25) is 5.91 Å². The molecule has 68 valence electrons. The minimum atomic E-state index is -0.337. The van der Waals surface area contributed by atoms with Gasteiger partial charge in [0.15, 0.2) is 0 Å². The molecule has 1 aliphatic rings. The first-order chi connectivity index (χ1) is 5.75. The molecule has 1 rings (SSSR count). The van der Waals surface area contributed by atoms with Crippen molar-refractivity contribution < 1.29 is 9.59 Å². The van der Waals surface area contributed by atoms with Gasteiger partial charge in [-0.2, -0.15) is 0 Å². The number of ketones is 1. The van der Waals surface area contributed by atoms with Gasteiger partial charge in [0.1, 0.15) is 5.78 Å². The number of amides is 1. The van der Waals surface area contributed by atoms with Crippen molar-refractivity contribution in [1.82, 2.24) is 5.32 Å². The lowest BCUT2D eigenvalue weighted by atomic mass is 10.1. The van der Waals surface area contributed by atoms with Gasteiger partial charge in [0.05, 0.1) is 5.92 Å². The van der Waals surface area contributed by atoms with Crippen LogP contribution in [0.25, 0.3) is 0 Å². The quantitative estimate of drug-likeness (QED) is 0.637. The Hall–Kier alpha value is -0.860. The van der Waals surface area contributed by atoms with Gasteiger partial charge < -0.3 is 5.32 Å². The fraction of sp³-hybridized carbons (Fsp3) is 0.778. The Morgan fingerprint density at radius 1 is 1.67 bits per heavy atom. The molecule has 0 heterocycles. The van der Waals surface area contributed by atoms with Crippen LogP contribution in [-0.2, 0) is 9.59 Å². The summed E-state index contributed by atoms with van der Waals surface area (Å²) < 4.78 is 0. The zero-order chi connectivity index (χ0) is 8.97. The number of carbonyl (C=O) groups excluding carboxylic acids is 2. The van der Waals surface area contributed by atoms with Gasteiger partial charge >= 0.3 is 0 Å². The molecule has 1 N–H and O–H groups in total. The maximum Gasteiger partial charge on any atom is 0.230 e. The van der Waals surface area contributed by atoms with Crippen molar-refractivity contribution in [3.8, 4) is 0 Å². The molecule has 3 nitrogen and oxygen atoms in total. The second-order valence-corrected chi connectivity index (χ2v) is 3.20. The number of Topliss-reactive ketones (excluding diaryl/α,β-unsaturated/α-hetero) is 1. The highest BCUT2D eigenvalue weighted by Gasteiger charge is 2.30. The van der Waals surface area contributed by atoms with Crippen LogP contribution in [0.3, 0.4) is 0 Å². The summed E-state index contributed by atoms with van der Waals surface area (Å²) in [6, 6.07) is 0. The van der Waals surface area contributed by atoms with Crippen LogP contribution in [0.5, 0.6) is 0 Å². The summed E-state index contributed by atoms with van der Waals surface area (Å²) in [4.78, 5) is 22.4. The molecule has 0 bridgehead atoms. The van der Waals surface area contributed by atoms with Crippen molar-refractivity contribution in [3.63, 3.8) is 0 Å². The fourth-order valence-electron chi connectivity index (χ4n) is 1.46. The molecule has 1 aliphatic carbocycles. The van der Waals surface area contributed by atoms with Crippen molar-refractivity contribution in [3.05, 3.63) is 0 Å². The SMILES string of the molecule is CCCNC(=O)[C@H]1CCCC1=O. The van der Waals surface area contributed by atoms with Crippen LogP contribution >= 0.6 is 0 Å². The highest BCUT2D eigenvalue weighted by Crippen LogP contribution is 2.20. The van der Waals surface area contributed by atoms with E-state index >= 15 is 0 Å². The van der Waals surface area contributed by atoms with Crippen molar-refractivity contribution in [2.75, 3.05) is 6.54 Å². The van der Waals surface area contributed by atoms with Crippen LogP contribution in [0.15, 0.2) is 0 Å². The summed E-state index contributed by atoms with van der Waals surface area (Å²) >= 11 is 0.